The number of carbonyl (C=O) groups excluding carboxylic acids is 1. The maximum atomic E-state index is 12.4. The van der Waals surface area contributed by atoms with Gasteiger partial charge in [0.1, 0.15) is 6.17 Å². The number of nitrogens with one attached hydrogen (secondary N) is 2. The number of urea groups is 1. The first-order chi connectivity index (χ1) is 7.97. The van der Waals surface area contributed by atoms with Gasteiger partial charge in [-0.2, -0.15) is 13.2 Å². The first-order valence-corrected chi connectivity index (χ1v) is 5.53. The van der Waals surface area contributed by atoms with Crippen molar-refractivity contribution in [2.24, 2.45) is 0 Å². The van der Waals surface area contributed by atoms with Crippen LogP contribution in [0.5, 0.6) is 0 Å². The largest absolute Gasteiger partial charge is 0.443 e. The second-order valence-corrected chi connectivity index (χ2v) is 5.21. The van der Waals surface area contributed by atoms with Gasteiger partial charge in [0.15, 0.2) is 4.99 Å². The van der Waals surface area contributed by atoms with Gasteiger partial charge in [0, 0.05) is 0 Å². The molecule has 0 spiro atoms. The maximum Gasteiger partial charge on any atom is 0.443 e. The van der Waals surface area contributed by atoms with Crippen LogP contribution in [0.15, 0.2) is 0 Å². The van der Waals surface area contributed by atoms with Gasteiger partial charge in [-0.05, 0) is 27.9 Å². The van der Waals surface area contributed by atoms with Crippen molar-refractivity contribution >= 4 is 23.2 Å². The molecular weight excluding hydrogens is 269 g/mol. The Balaban J connectivity index is 2.93. The molecule has 0 radical (unpaired) electrons. The molecule has 2 amide bonds. The van der Waals surface area contributed by atoms with Crippen molar-refractivity contribution in [3.05, 3.63) is 0 Å². The highest BCUT2D eigenvalue weighted by Gasteiger charge is 2.49. The van der Waals surface area contributed by atoms with Gasteiger partial charge in [-0.3, -0.25) is 10.3 Å². The summed E-state index contributed by atoms with van der Waals surface area (Å²) in [4.78, 5) is 11.9. The minimum Gasteiger partial charge on any atom is -0.328 e. The number of alkyl halides is 3. The fourth-order valence-electron chi connectivity index (χ4n) is 2.00. The molecule has 0 aromatic heterocycles. The number of thiocarbonyl (C=S) groups is 1. The van der Waals surface area contributed by atoms with Gasteiger partial charge in [0.2, 0.25) is 0 Å². The summed E-state index contributed by atoms with van der Waals surface area (Å²) in [5.74, 6) is 0. The lowest BCUT2D eigenvalue weighted by Crippen LogP contribution is -2.58. The molecule has 0 aliphatic carbocycles. The van der Waals surface area contributed by atoms with Gasteiger partial charge in [-0.15, -0.1) is 0 Å². The van der Waals surface area contributed by atoms with Gasteiger partial charge in [-0.1, -0.05) is 12.2 Å². The highest BCUT2D eigenvalue weighted by atomic mass is 32.1. The standard InChI is InChI=1S/C9H15F3N4OS/c1-8(2)6(15(3)4)16(7(17)13-8)14-5(18)9(10,11)12/h6H,1-4H3,(H,13,17)(H,14,18)/t6-/m0/s1. The van der Waals surface area contributed by atoms with Crippen LogP contribution >= 0.6 is 12.2 Å². The Morgan fingerprint density at radius 3 is 2.39 bits per heavy atom. The lowest BCUT2D eigenvalue weighted by atomic mass is 10.0. The minimum atomic E-state index is -4.67. The molecule has 1 heterocycles. The van der Waals surface area contributed by atoms with Crippen LogP contribution < -0.4 is 10.7 Å². The van der Waals surface area contributed by atoms with E-state index in [0.717, 1.165) is 5.01 Å². The topological polar surface area (TPSA) is 47.6 Å². The molecular formula is C9H15F3N4OS. The zero-order valence-electron chi connectivity index (χ0n) is 10.4. The van der Waals surface area contributed by atoms with Crippen molar-refractivity contribution in [1.82, 2.24) is 20.7 Å². The van der Waals surface area contributed by atoms with E-state index < -0.39 is 28.9 Å². The first kappa shape index (κ1) is 15.0. The fraction of sp³-hybridized carbons (Fsp3) is 0.778. The van der Waals surface area contributed by atoms with E-state index >= 15 is 0 Å². The molecule has 0 bridgehead atoms. The van der Waals surface area contributed by atoms with E-state index in [1.807, 2.05) is 5.43 Å². The SMILES string of the molecule is CN(C)[C@H]1N(NC(=S)C(F)(F)F)C(=O)NC1(C)C. The van der Waals surface area contributed by atoms with E-state index in [0.29, 0.717) is 0 Å². The van der Waals surface area contributed by atoms with Crippen LogP contribution in [0.1, 0.15) is 13.8 Å². The Labute approximate surface area is 108 Å². The second-order valence-electron chi connectivity index (χ2n) is 4.80. The number of halogens is 3. The second kappa shape index (κ2) is 4.54. The number of hydrogen-bond donors (Lipinski definition) is 2. The molecule has 0 saturated carbocycles. The summed E-state index contributed by atoms with van der Waals surface area (Å²) in [6, 6.07) is -0.648. The van der Waals surface area contributed by atoms with E-state index in [4.69, 9.17) is 0 Å². The van der Waals surface area contributed by atoms with Gasteiger partial charge >= 0.3 is 12.2 Å². The molecule has 2 N–H and O–H groups in total. The Hall–Kier alpha value is -1.09. The van der Waals surface area contributed by atoms with E-state index in [2.05, 4.69) is 17.5 Å². The van der Waals surface area contributed by atoms with Crippen molar-refractivity contribution in [3.8, 4) is 0 Å². The molecule has 104 valence electrons. The van der Waals surface area contributed by atoms with E-state index in [-0.39, 0.29) is 0 Å². The molecule has 0 aromatic rings. The van der Waals surface area contributed by atoms with E-state index in [1.165, 1.54) is 0 Å². The van der Waals surface area contributed by atoms with Crippen molar-refractivity contribution in [1.29, 1.82) is 0 Å². The summed E-state index contributed by atoms with van der Waals surface area (Å²) in [5, 5.41) is 3.44. The smallest absolute Gasteiger partial charge is 0.328 e. The molecule has 1 atom stereocenters. The molecule has 5 nitrogen and oxygen atoms in total. The first-order valence-electron chi connectivity index (χ1n) is 5.12. The van der Waals surface area contributed by atoms with Gasteiger partial charge in [0.25, 0.3) is 0 Å². The van der Waals surface area contributed by atoms with Crippen molar-refractivity contribution in [2.45, 2.75) is 31.7 Å². The highest BCUT2D eigenvalue weighted by Crippen LogP contribution is 2.24. The molecule has 9 heteroatoms. The van der Waals surface area contributed by atoms with Crippen LogP contribution in [0.2, 0.25) is 0 Å². The Bertz CT molecular complexity index is 369. The van der Waals surface area contributed by atoms with E-state index in [1.54, 1.807) is 32.8 Å². The third-order valence-electron chi connectivity index (χ3n) is 2.51. The summed E-state index contributed by atoms with van der Waals surface area (Å²) in [6.07, 6.45) is -5.26. The minimum absolute atomic E-state index is 0.592. The molecule has 1 saturated heterocycles. The lowest BCUT2D eigenvalue weighted by molar-refractivity contribution is -0.0637. The number of nitrogens with zero attached hydrogens (tertiary/aromatic N) is 2. The normalized spacial score (nSPS) is 23.2. The van der Waals surface area contributed by atoms with Crippen LogP contribution in [-0.4, -0.2) is 52.9 Å². The van der Waals surface area contributed by atoms with Gasteiger partial charge < -0.3 is 5.32 Å². The summed E-state index contributed by atoms with van der Waals surface area (Å²) >= 11 is 4.22. The monoisotopic (exact) mass is 284 g/mol. The van der Waals surface area contributed by atoms with Crippen molar-refractivity contribution in [3.63, 3.8) is 0 Å². The Kier molecular flexibility index (Phi) is 3.78. The molecule has 1 aliphatic heterocycles. The van der Waals surface area contributed by atoms with Crippen LogP contribution in [0, 0.1) is 0 Å². The summed E-state index contributed by atoms with van der Waals surface area (Å²) in [7, 11) is 3.33. The van der Waals surface area contributed by atoms with Gasteiger partial charge in [-0.25, -0.2) is 9.80 Å². The van der Waals surface area contributed by atoms with Crippen LogP contribution in [0.4, 0.5) is 18.0 Å². The Morgan fingerprint density at radius 1 is 1.50 bits per heavy atom. The summed E-state index contributed by atoms with van der Waals surface area (Å²) in [5.41, 5.74) is 1.24. The average Bonchev–Trinajstić information content (AvgIpc) is 2.34. The van der Waals surface area contributed by atoms with Gasteiger partial charge in [0.05, 0.1) is 5.54 Å². The quantitative estimate of drug-likeness (QED) is 0.745. The molecule has 1 aliphatic rings. The number of hydrazine groups is 1. The average molecular weight is 284 g/mol. The highest BCUT2D eigenvalue weighted by molar-refractivity contribution is 7.80. The maximum absolute atomic E-state index is 12.4. The number of likely N-dealkylation sites (N-methyl/N-ethyl adjacent to an activating group) is 1. The van der Waals surface area contributed by atoms with Crippen molar-refractivity contribution < 1.29 is 18.0 Å². The third-order valence-corrected chi connectivity index (χ3v) is 2.83. The lowest BCUT2D eigenvalue weighted by Gasteiger charge is -2.36. The van der Waals surface area contributed by atoms with Crippen molar-refractivity contribution in [2.75, 3.05) is 14.1 Å². The number of rotatable bonds is 2. The zero-order valence-corrected chi connectivity index (χ0v) is 11.2. The molecule has 18 heavy (non-hydrogen) atoms. The predicted molar refractivity (Wildman–Crippen MR) is 63.7 cm³/mol. The Morgan fingerprint density at radius 2 is 2.00 bits per heavy atom. The van der Waals surface area contributed by atoms with Crippen LogP contribution in [0.25, 0.3) is 0 Å². The number of hydrogen-bond acceptors (Lipinski definition) is 3. The van der Waals surface area contributed by atoms with E-state index in [9.17, 15) is 18.0 Å². The zero-order chi connectivity index (χ0) is 14.3. The summed E-state index contributed by atoms with van der Waals surface area (Å²) in [6.45, 7) is 3.43. The molecule has 1 fully saturated rings. The fourth-order valence-corrected chi connectivity index (χ4v) is 2.09. The summed E-state index contributed by atoms with van der Waals surface area (Å²) < 4.78 is 37.1. The van der Waals surface area contributed by atoms with Crippen LogP contribution in [-0.2, 0) is 0 Å². The number of amides is 2. The number of carbonyl (C=O) groups is 1. The molecule has 1 rings (SSSR count). The third kappa shape index (κ3) is 2.83. The molecule has 0 aromatic carbocycles. The predicted octanol–water partition coefficient (Wildman–Crippen LogP) is 1.07. The molecule has 0 unspecified atom stereocenters. The van der Waals surface area contributed by atoms with Crippen LogP contribution in [0.3, 0.4) is 0 Å².